The van der Waals surface area contributed by atoms with Crippen LogP contribution < -0.4 is 10.6 Å². The summed E-state index contributed by atoms with van der Waals surface area (Å²) in [5.74, 6) is 0.766. The lowest BCUT2D eigenvalue weighted by atomic mass is 10.1. The van der Waals surface area contributed by atoms with Crippen molar-refractivity contribution in [3.63, 3.8) is 0 Å². The van der Waals surface area contributed by atoms with Crippen molar-refractivity contribution in [2.24, 2.45) is 5.73 Å². The van der Waals surface area contributed by atoms with Crippen LogP contribution in [0.15, 0.2) is 12.7 Å². The highest BCUT2D eigenvalue weighted by Crippen LogP contribution is 2.13. The van der Waals surface area contributed by atoms with Crippen LogP contribution in [0.2, 0.25) is 0 Å². The second-order valence-corrected chi connectivity index (χ2v) is 3.26. The van der Waals surface area contributed by atoms with Crippen LogP contribution in [0, 0.1) is 0 Å². The summed E-state index contributed by atoms with van der Waals surface area (Å²) < 4.78 is 0. The molecule has 70 valence electrons. The van der Waals surface area contributed by atoms with Gasteiger partial charge in [0.2, 0.25) is 5.95 Å². The minimum atomic E-state index is 0.345. The molecule has 1 aliphatic rings. The van der Waals surface area contributed by atoms with Gasteiger partial charge in [-0.05, 0) is 12.8 Å². The topological polar surface area (TPSA) is 67.9 Å². The predicted molar refractivity (Wildman–Crippen MR) is 49.2 cm³/mol. The summed E-state index contributed by atoms with van der Waals surface area (Å²) in [6, 6.07) is 0.345. The number of piperidine rings is 1. The maximum atomic E-state index is 5.80. The maximum absolute atomic E-state index is 5.80. The summed E-state index contributed by atoms with van der Waals surface area (Å²) >= 11 is 0. The van der Waals surface area contributed by atoms with Crippen molar-refractivity contribution in [1.29, 1.82) is 0 Å². The molecule has 0 saturated carbocycles. The van der Waals surface area contributed by atoms with Gasteiger partial charge < -0.3 is 10.6 Å². The average Bonchev–Trinajstić information content (AvgIpc) is 2.20. The number of hydrogen-bond donors (Lipinski definition) is 1. The number of nitrogens with zero attached hydrogens (tertiary/aromatic N) is 4. The standard InChI is InChI=1S/C8H13N5/c9-7-1-3-13(4-2-7)8-11-5-10-6-12-8/h5-7H,1-4,9H2. The largest absolute Gasteiger partial charge is 0.341 e. The molecule has 1 aliphatic heterocycles. The molecule has 1 fully saturated rings. The van der Waals surface area contributed by atoms with Crippen LogP contribution in [-0.2, 0) is 0 Å². The first kappa shape index (κ1) is 8.37. The third-order valence-electron chi connectivity index (χ3n) is 2.30. The van der Waals surface area contributed by atoms with Crippen LogP contribution >= 0.6 is 0 Å². The highest BCUT2D eigenvalue weighted by molar-refractivity contribution is 5.27. The van der Waals surface area contributed by atoms with E-state index in [1.54, 1.807) is 0 Å². The van der Waals surface area contributed by atoms with Gasteiger partial charge in [0.25, 0.3) is 0 Å². The van der Waals surface area contributed by atoms with Gasteiger partial charge in [0, 0.05) is 19.1 Å². The monoisotopic (exact) mass is 179 g/mol. The van der Waals surface area contributed by atoms with Crippen molar-refractivity contribution in [2.45, 2.75) is 18.9 Å². The van der Waals surface area contributed by atoms with E-state index in [9.17, 15) is 0 Å². The Balaban J connectivity index is 2.03. The van der Waals surface area contributed by atoms with Crippen LogP contribution in [0.5, 0.6) is 0 Å². The van der Waals surface area contributed by atoms with Crippen LogP contribution in [0.25, 0.3) is 0 Å². The van der Waals surface area contributed by atoms with Gasteiger partial charge in [0.05, 0.1) is 0 Å². The predicted octanol–water partition coefficient (Wildman–Crippen LogP) is -0.201. The van der Waals surface area contributed by atoms with Crippen molar-refractivity contribution in [3.8, 4) is 0 Å². The normalized spacial score (nSPS) is 19.0. The van der Waals surface area contributed by atoms with E-state index >= 15 is 0 Å². The Morgan fingerprint density at radius 1 is 1.23 bits per heavy atom. The molecule has 0 aromatic carbocycles. The van der Waals surface area contributed by atoms with E-state index in [-0.39, 0.29) is 0 Å². The van der Waals surface area contributed by atoms with Crippen molar-refractivity contribution in [1.82, 2.24) is 15.0 Å². The fourth-order valence-corrected chi connectivity index (χ4v) is 1.50. The molecule has 2 heterocycles. The zero-order chi connectivity index (χ0) is 9.10. The van der Waals surface area contributed by atoms with Gasteiger partial charge in [-0.1, -0.05) is 0 Å². The Morgan fingerprint density at radius 3 is 2.46 bits per heavy atom. The molecule has 1 saturated heterocycles. The summed E-state index contributed by atoms with van der Waals surface area (Å²) in [5, 5.41) is 0. The molecule has 0 atom stereocenters. The Labute approximate surface area is 77.0 Å². The van der Waals surface area contributed by atoms with Gasteiger partial charge in [-0.25, -0.2) is 15.0 Å². The van der Waals surface area contributed by atoms with Crippen LogP contribution in [0.3, 0.4) is 0 Å². The molecule has 0 unspecified atom stereocenters. The molecule has 2 rings (SSSR count). The van der Waals surface area contributed by atoms with E-state index in [0.717, 1.165) is 31.9 Å². The molecular formula is C8H13N5. The Kier molecular flexibility index (Phi) is 2.35. The molecule has 2 N–H and O–H groups in total. The smallest absolute Gasteiger partial charge is 0.228 e. The quantitative estimate of drug-likeness (QED) is 0.646. The minimum absolute atomic E-state index is 0.345. The molecular weight excluding hydrogens is 166 g/mol. The first-order valence-corrected chi connectivity index (χ1v) is 4.49. The van der Waals surface area contributed by atoms with E-state index in [4.69, 9.17) is 5.73 Å². The molecule has 1 aromatic heterocycles. The van der Waals surface area contributed by atoms with Gasteiger partial charge >= 0.3 is 0 Å². The second kappa shape index (κ2) is 3.66. The molecule has 1 aromatic rings. The molecule has 0 bridgehead atoms. The van der Waals surface area contributed by atoms with E-state index in [0.29, 0.717) is 6.04 Å². The summed E-state index contributed by atoms with van der Waals surface area (Å²) in [5.41, 5.74) is 5.80. The number of aromatic nitrogens is 3. The van der Waals surface area contributed by atoms with Crippen LogP contribution in [0.1, 0.15) is 12.8 Å². The zero-order valence-corrected chi connectivity index (χ0v) is 7.43. The molecule has 13 heavy (non-hydrogen) atoms. The summed E-state index contributed by atoms with van der Waals surface area (Å²) in [6.07, 6.45) is 5.09. The lowest BCUT2D eigenvalue weighted by molar-refractivity contribution is 0.495. The highest BCUT2D eigenvalue weighted by Gasteiger charge is 2.17. The number of anilines is 1. The van der Waals surface area contributed by atoms with E-state index in [2.05, 4.69) is 19.9 Å². The number of nitrogens with two attached hydrogens (primary N) is 1. The van der Waals surface area contributed by atoms with Crippen molar-refractivity contribution in [3.05, 3.63) is 12.7 Å². The number of hydrogen-bond acceptors (Lipinski definition) is 5. The van der Waals surface area contributed by atoms with E-state index < -0.39 is 0 Å². The molecule has 0 spiro atoms. The Bertz CT molecular complexity index is 254. The van der Waals surface area contributed by atoms with E-state index in [1.165, 1.54) is 12.7 Å². The van der Waals surface area contributed by atoms with Crippen molar-refractivity contribution >= 4 is 5.95 Å². The van der Waals surface area contributed by atoms with Crippen LogP contribution in [0.4, 0.5) is 5.95 Å². The molecule has 0 radical (unpaired) electrons. The van der Waals surface area contributed by atoms with Gasteiger partial charge in [-0.15, -0.1) is 0 Å². The van der Waals surface area contributed by atoms with Gasteiger partial charge in [-0.2, -0.15) is 0 Å². The SMILES string of the molecule is NC1CCN(c2ncncn2)CC1. The first-order valence-electron chi connectivity index (χ1n) is 4.49. The summed E-state index contributed by atoms with van der Waals surface area (Å²) in [4.78, 5) is 14.1. The summed E-state index contributed by atoms with van der Waals surface area (Å²) in [6.45, 7) is 1.90. The third-order valence-corrected chi connectivity index (χ3v) is 2.30. The fraction of sp³-hybridized carbons (Fsp3) is 0.625. The second-order valence-electron chi connectivity index (χ2n) is 3.26. The molecule has 0 aliphatic carbocycles. The van der Waals surface area contributed by atoms with Crippen LogP contribution in [-0.4, -0.2) is 34.1 Å². The van der Waals surface area contributed by atoms with Crippen molar-refractivity contribution < 1.29 is 0 Å². The minimum Gasteiger partial charge on any atom is -0.341 e. The molecule has 0 amide bonds. The molecule has 5 heteroatoms. The van der Waals surface area contributed by atoms with Crippen molar-refractivity contribution in [2.75, 3.05) is 18.0 Å². The average molecular weight is 179 g/mol. The highest BCUT2D eigenvalue weighted by atomic mass is 15.3. The van der Waals surface area contributed by atoms with Gasteiger partial charge in [-0.3, -0.25) is 0 Å². The fourth-order valence-electron chi connectivity index (χ4n) is 1.50. The van der Waals surface area contributed by atoms with E-state index in [1.807, 2.05) is 0 Å². The lowest BCUT2D eigenvalue weighted by Crippen LogP contribution is -2.40. The Hall–Kier alpha value is -1.23. The number of rotatable bonds is 1. The molecule has 5 nitrogen and oxygen atoms in total. The lowest BCUT2D eigenvalue weighted by Gasteiger charge is -2.29. The zero-order valence-electron chi connectivity index (χ0n) is 7.43. The third kappa shape index (κ3) is 1.92. The Morgan fingerprint density at radius 2 is 1.85 bits per heavy atom. The van der Waals surface area contributed by atoms with Gasteiger partial charge in [0.1, 0.15) is 12.7 Å². The maximum Gasteiger partial charge on any atom is 0.228 e. The first-order chi connectivity index (χ1) is 6.36. The summed E-state index contributed by atoms with van der Waals surface area (Å²) in [7, 11) is 0. The van der Waals surface area contributed by atoms with Gasteiger partial charge in [0.15, 0.2) is 0 Å².